The van der Waals surface area contributed by atoms with E-state index in [2.05, 4.69) is 33.0 Å². The number of carbonyl (C=O) groups is 1. The summed E-state index contributed by atoms with van der Waals surface area (Å²) in [7, 11) is 1.83. The Balaban J connectivity index is 2.40. The molecular weight excluding hydrogens is 228 g/mol. The first-order chi connectivity index (χ1) is 7.89. The summed E-state index contributed by atoms with van der Waals surface area (Å²) in [6.45, 7) is 12.5. The van der Waals surface area contributed by atoms with Crippen LogP contribution in [-0.2, 0) is 9.53 Å². The van der Waals surface area contributed by atoms with Crippen molar-refractivity contribution in [1.82, 2.24) is 10.2 Å². The Bertz CT molecular complexity index is 364. The van der Waals surface area contributed by atoms with Gasteiger partial charge in [0.1, 0.15) is 5.72 Å². The lowest BCUT2D eigenvalue weighted by Crippen LogP contribution is -2.65. The van der Waals surface area contributed by atoms with Gasteiger partial charge in [-0.25, -0.2) is 0 Å². The summed E-state index contributed by atoms with van der Waals surface area (Å²) < 4.78 is 6.21. The molecule has 2 saturated heterocycles. The Hall–Kier alpha value is -0.610. The van der Waals surface area contributed by atoms with Gasteiger partial charge in [-0.15, -0.1) is 0 Å². The molecule has 0 saturated carbocycles. The van der Waals surface area contributed by atoms with Crippen LogP contribution < -0.4 is 5.32 Å². The molecule has 1 spiro atoms. The summed E-state index contributed by atoms with van der Waals surface area (Å²) in [5, 5.41) is 3.60. The fourth-order valence-electron chi connectivity index (χ4n) is 3.86. The van der Waals surface area contributed by atoms with Crippen LogP contribution in [0.25, 0.3) is 0 Å². The number of amides is 1. The van der Waals surface area contributed by atoms with Crippen molar-refractivity contribution in [3.63, 3.8) is 0 Å². The second kappa shape index (κ2) is 3.48. The molecule has 2 rings (SSSR count). The van der Waals surface area contributed by atoms with Crippen LogP contribution >= 0.6 is 0 Å². The molecule has 0 radical (unpaired) electrons. The molecule has 0 aromatic rings. The van der Waals surface area contributed by atoms with E-state index in [1.54, 1.807) is 4.90 Å². The van der Waals surface area contributed by atoms with Crippen LogP contribution in [0.15, 0.2) is 0 Å². The van der Waals surface area contributed by atoms with Crippen molar-refractivity contribution in [3.05, 3.63) is 0 Å². The Labute approximate surface area is 110 Å². The van der Waals surface area contributed by atoms with E-state index in [1.165, 1.54) is 0 Å². The fraction of sp³-hybridized carbons (Fsp3) is 0.929. The van der Waals surface area contributed by atoms with Gasteiger partial charge in [0.05, 0.1) is 0 Å². The number of rotatable bonds is 0. The fourth-order valence-corrected chi connectivity index (χ4v) is 3.86. The molecule has 4 nitrogen and oxygen atoms in total. The van der Waals surface area contributed by atoms with Crippen molar-refractivity contribution in [2.45, 2.75) is 76.8 Å². The van der Waals surface area contributed by atoms with Crippen molar-refractivity contribution in [3.8, 4) is 0 Å². The molecule has 0 atom stereocenters. The maximum Gasteiger partial charge on any atom is 0.257 e. The van der Waals surface area contributed by atoms with E-state index in [-0.39, 0.29) is 17.0 Å². The number of nitrogens with one attached hydrogen (secondary N) is 1. The lowest BCUT2D eigenvalue weighted by atomic mass is 9.72. The second-order valence-corrected chi connectivity index (χ2v) is 7.65. The summed E-state index contributed by atoms with van der Waals surface area (Å²) in [5.41, 5.74) is -1.38. The van der Waals surface area contributed by atoms with E-state index in [0.29, 0.717) is 0 Å². The van der Waals surface area contributed by atoms with Gasteiger partial charge in [0.2, 0.25) is 0 Å². The molecule has 1 N–H and O–H groups in total. The van der Waals surface area contributed by atoms with Gasteiger partial charge in [0, 0.05) is 31.0 Å². The van der Waals surface area contributed by atoms with Gasteiger partial charge in [-0.1, -0.05) is 0 Å². The number of ether oxygens (including phenoxy) is 1. The largest absolute Gasteiger partial charge is 0.340 e. The molecule has 2 aliphatic heterocycles. The zero-order chi connectivity index (χ0) is 14.0. The van der Waals surface area contributed by atoms with Gasteiger partial charge < -0.3 is 15.0 Å². The van der Waals surface area contributed by atoms with Crippen LogP contribution in [-0.4, -0.2) is 40.3 Å². The van der Waals surface area contributed by atoms with Crippen LogP contribution in [0.2, 0.25) is 0 Å². The molecule has 0 unspecified atom stereocenters. The summed E-state index contributed by atoms with van der Waals surface area (Å²) in [6, 6.07) is 0. The molecule has 0 bridgehead atoms. The minimum absolute atomic E-state index is 0.0985. The van der Waals surface area contributed by atoms with Crippen molar-refractivity contribution < 1.29 is 9.53 Å². The van der Waals surface area contributed by atoms with Crippen molar-refractivity contribution in [2.75, 3.05) is 7.05 Å². The quantitative estimate of drug-likeness (QED) is 0.718. The normalized spacial score (nSPS) is 31.9. The lowest BCUT2D eigenvalue weighted by molar-refractivity contribution is -0.156. The Kier molecular flexibility index (Phi) is 2.67. The highest BCUT2D eigenvalue weighted by Crippen LogP contribution is 2.46. The topological polar surface area (TPSA) is 41.6 Å². The number of piperidine rings is 1. The first-order valence-corrected chi connectivity index (χ1v) is 6.67. The van der Waals surface area contributed by atoms with E-state index in [9.17, 15) is 4.79 Å². The molecule has 2 fully saturated rings. The Morgan fingerprint density at radius 2 is 1.50 bits per heavy atom. The molecule has 0 aromatic heterocycles. The smallest absolute Gasteiger partial charge is 0.257 e. The van der Waals surface area contributed by atoms with Crippen LogP contribution in [0.3, 0.4) is 0 Å². The van der Waals surface area contributed by atoms with Crippen molar-refractivity contribution >= 4 is 5.91 Å². The molecule has 104 valence electrons. The number of carbonyl (C=O) groups excluding carboxylic acids is 1. The monoisotopic (exact) mass is 254 g/mol. The molecule has 18 heavy (non-hydrogen) atoms. The average molecular weight is 254 g/mol. The van der Waals surface area contributed by atoms with E-state index in [4.69, 9.17) is 4.74 Å². The highest BCUT2D eigenvalue weighted by molar-refractivity contribution is 5.88. The third-order valence-electron chi connectivity index (χ3n) is 4.08. The predicted octanol–water partition coefficient (Wildman–Crippen LogP) is 1.89. The molecule has 0 aliphatic carbocycles. The second-order valence-electron chi connectivity index (χ2n) is 7.65. The summed E-state index contributed by atoms with van der Waals surface area (Å²) in [6.07, 6.45) is 1.44. The minimum atomic E-state index is -0.670. The van der Waals surface area contributed by atoms with Gasteiger partial charge >= 0.3 is 0 Å². The van der Waals surface area contributed by atoms with Crippen molar-refractivity contribution in [1.29, 1.82) is 0 Å². The van der Waals surface area contributed by atoms with E-state index in [0.717, 1.165) is 12.8 Å². The average Bonchev–Trinajstić information content (AvgIpc) is 2.21. The Morgan fingerprint density at radius 1 is 1.06 bits per heavy atom. The number of hydrogen-bond acceptors (Lipinski definition) is 3. The highest BCUT2D eigenvalue weighted by Gasteiger charge is 2.61. The highest BCUT2D eigenvalue weighted by atomic mass is 16.6. The maximum absolute atomic E-state index is 12.6. The number of nitrogens with zero attached hydrogens (tertiary/aromatic N) is 1. The molecule has 2 aliphatic rings. The van der Waals surface area contributed by atoms with Crippen LogP contribution in [0.4, 0.5) is 0 Å². The standard InChI is InChI=1S/C14H26N2O2/c1-11(2)8-14(9-12(3,4)15-11)10(17)16(7)13(5,6)18-14/h15H,8-9H2,1-7H3. The van der Waals surface area contributed by atoms with Gasteiger partial charge in [0.25, 0.3) is 5.91 Å². The van der Waals surface area contributed by atoms with Crippen LogP contribution in [0, 0.1) is 0 Å². The van der Waals surface area contributed by atoms with E-state index < -0.39 is 11.3 Å². The Morgan fingerprint density at radius 3 is 1.83 bits per heavy atom. The molecule has 4 heteroatoms. The van der Waals surface area contributed by atoms with E-state index in [1.807, 2.05) is 20.9 Å². The number of likely N-dealkylation sites (N-methyl/N-ethyl adjacent to an activating group) is 1. The van der Waals surface area contributed by atoms with Gasteiger partial charge in [-0.3, -0.25) is 4.79 Å². The summed E-state index contributed by atoms with van der Waals surface area (Å²) in [4.78, 5) is 14.4. The predicted molar refractivity (Wildman–Crippen MR) is 71.2 cm³/mol. The SMILES string of the molecule is CN1C(=O)C2(CC(C)(C)NC(C)(C)C2)OC1(C)C. The first kappa shape index (κ1) is 13.8. The summed E-state index contributed by atoms with van der Waals surface area (Å²) >= 11 is 0. The molecule has 2 heterocycles. The van der Waals surface area contributed by atoms with Crippen LogP contribution in [0.1, 0.15) is 54.4 Å². The first-order valence-electron chi connectivity index (χ1n) is 6.67. The van der Waals surface area contributed by atoms with E-state index >= 15 is 0 Å². The zero-order valence-corrected chi connectivity index (χ0v) is 12.7. The molecular formula is C14H26N2O2. The third kappa shape index (κ3) is 2.05. The maximum atomic E-state index is 12.6. The lowest BCUT2D eigenvalue weighted by Gasteiger charge is -2.50. The molecule has 0 aromatic carbocycles. The summed E-state index contributed by atoms with van der Waals surface area (Å²) in [5.74, 6) is 0.121. The van der Waals surface area contributed by atoms with Gasteiger partial charge in [-0.2, -0.15) is 0 Å². The zero-order valence-electron chi connectivity index (χ0n) is 12.7. The number of hydrogen-bond donors (Lipinski definition) is 1. The third-order valence-corrected chi connectivity index (χ3v) is 4.08. The molecule has 1 amide bonds. The van der Waals surface area contributed by atoms with Crippen LogP contribution in [0.5, 0.6) is 0 Å². The minimum Gasteiger partial charge on any atom is -0.340 e. The van der Waals surface area contributed by atoms with Gasteiger partial charge in [0.15, 0.2) is 5.60 Å². The van der Waals surface area contributed by atoms with Crippen molar-refractivity contribution in [2.24, 2.45) is 0 Å². The van der Waals surface area contributed by atoms with Gasteiger partial charge in [-0.05, 0) is 41.5 Å².